The molecule has 1 atom stereocenters. The summed E-state index contributed by atoms with van der Waals surface area (Å²) in [6.45, 7) is 2.54. The lowest BCUT2D eigenvalue weighted by atomic mass is 9.86. The molecule has 0 saturated carbocycles. The number of amides is 1. The van der Waals surface area contributed by atoms with Gasteiger partial charge in [-0.25, -0.2) is 0 Å². The molecule has 6 nitrogen and oxygen atoms in total. The van der Waals surface area contributed by atoms with Gasteiger partial charge in [0.05, 0.1) is 12.0 Å². The Kier molecular flexibility index (Phi) is 5.42. The van der Waals surface area contributed by atoms with Gasteiger partial charge >= 0.3 is 5.97 Å². The summed E-state index contributed by atoms with van der Waals surface area (Å²) in [6, 6.07) is 13.5. The SMILES string of the molecule is CC(Oc1cccc2ccccc12)C(=O)NC1(CC(=O)O)CCOCC1. The van der Waals surface area contributed by atoms with Crippen LogP contribution in [0.1, 0.15) is 26.2 Å². The summed E-state index contributed by atoms with van der Waals surface area (Å²) in [5.41, 5.74) is -0.780. The van der Waals surface area contributed by atoms with Crippen LogP contribution in [0.5, 0.6) is 5.75 Å². The second-order valence-corrected chi connectivity index (χ2v) is 6.69. The van der Waals surface area contributed by atoms with Gasteiger partial charge in [0.2, 0.25) is 0 Å². The Morgan fingerprint density at radius 2 is 1.88 bits per heavy atom. The number of hydrogen-bond acceptors (Lipinski definition) is 4. The van der Waals surface area contributed by atoms with Crippen molar-refractivity contribution in [3.63, 3.8) is 0 Å². The zero-order chi connectivity index (χ0) is 18.6. The minimum absolute atomic E-state index is 0.122. The molecule has 0 aliphatic carbocycles. The van der Waals surface area contributed by atoms with Crippen LogP contribution in [0.25, 0.3) is 10.8 Å². The van der Waals surface area contributed by atoms with Crippen molar-refractivity contribution in [2.75, 3.05) is 13.2 Å². The number of carbonyl (C=O) groups excluding carboxylic acids is 1. The Labute approximate surface area is 152 Å². The van der Waals surface area contributed by atoms with E-state index in [0.717, 1.165) is 10.8 Å². The van der Waals surface area contributed by atoms with Crippen molar-refractivity contribution in [2.45, 2.75) is 37.8 Å². The number of aliphatic carboxylic acids is 1. The minimum atomic E-state index is -0.935. The van der Waals surface area contributed by atoms with Crippen molar-refractivity contribution < 1.29 is 24.2 Å². The third kappa shape index (κ3) is 4.14. The quantitative estimate of drug-likeness (QED) is 0.830. The first-order valence-corrected chi connectivity index (χ1v) is 8.75. The van der Waals surface area contributed by atoms with E-state index in [1.807, 2.05) is 42.5 Å². The lowest BCUT2D eigenvalue weighted by Gasteiger charge is -2.37. The fourth-order valence-corrected chi connectivity index (χ4v) is 3.30. The molecule has 26 heavy (non-hydrogen) atoms. The second kappa shape index (κ2) is 7.74. The molecule has 2 aromatic rings. The maximum atomic E-state index is 12.7. The van der Waals surface area contributed by atoms with Crippen LogP contribution in [0.2, 0.25) is 0 Å². The molecule has 6 heteroatoms. The molecule has 2 aromatic carbocycles. The van der Waals surface area contributed by atoms with Gasteiger partial charge in [-0.3, -0.25) is 9.59 Å². The highest BCUT2D eigenvalue weighted by Crippen LogP contribution is 2.27. The molecule has 0 spiro atoms. The number of carboxylic acids is 1. The summed E-state index contributed by atoms with van der Waals surface area (Å²) in [5, 5.41) is 14.1. The van der Waals surface area contributed by atoms with E-state index < -0.39 is 17.6 Å². The van der Waals surface area contributed by atoms with Crippen LogP contribution in [-0.4, -0.2) is 41.8 Å². The van der Waals surface area contributed by atoms with Gasteiger partial charge in [0.15, 0.2) is 6.10 Å². The number of nitrogens with one attached hydrogen (secondary N) is 1. The van der Waals surface area contributed by atoms with Crippen LogP contribution in [-0.2, 0) is 14.3 Å². The van der Waals surface area contributed by atoms with Gasteiger partial charge in [-0.1, -0.05) is 36.4 Å². The molecule has 3 rings (SSSR count). The van der Waals surface area contributed by atoms with E-state index in [1.54, 1.807) is 6.92 Å². The molecule has 138 valence electrons. The van der Waals surface area contributed by atoms with E-state index >= 15 is 0 Å². The summed E-state index contributed by atoms with van der Waals surface area (Å²) in [7, 11) is 0. The minimum Gasteiger partial charge on any atom is -0.481 e. The standard InChI is InChI=1S/C20H23NO5/c1-14(26-17-8-4-6-15-5-2-3-7-16(15)17)19(24)21-20(13-18(22)23)9-11-25-12-10-20/h2-8,14H,9-13H2,1H3,(H,21,24)(H,22,23). The molecule has 1 fully saturated rings. The molecular weight excluding hydrogens is 334 g/mol. The van der Waals surface area contributed by atoms with Crippen LogP contribution in [0.15, 0.2) is 42.5 Å². The van der Waals surface area contributed by atoms with E-state index in [0.29, 0.717) is 31.8 Å². The molecular formula is C20H23NO5. The van der Waals surface area contributed by atoms with Crippen molar-refractivity contribution in [3.8, 4) is 5.75 Å². The van der Waals surface area contributed by atoms with E-state index in [1.165, 1.54) is 0 Å². The molecule has 1 aliphatic rings. The van der Waals surface area contributed by atoms with Crippen molar-refractivity contribution in [1.29, 1.82) is 0 Å². The Balaban J connectivity index is 1.73. The van der Waals surface area contributed by atoms with Gasteiger partial charge in [-0.2, -0.15) is 0 Å². The first-order chi connectivity index (χ1) is 12.5. The molecule has 2 N–H and O–H groups in total. The monoisotopic (exact) mass is 357 g/mol. The molecule has 1 heterocycles. The first kappa shape index (κ1) is 18.2. The largest absolute Gasteiger partial charge is 0.481 e. The highest BCUT2D eigenvalue weighted by atomic mass is 16.5. The van der Waals surface area contributed by atoms with E-state index in [2.05, 4.69) is 5.32 Å². The van der Waals surface area contributed by atoms with Crippen LogP contribution >= 0.6 is 0 Å². The maximum absolute atomic E-state index is 12.7. The van der Waals surface area contributed by atoms with E-state index in [9.17, 15) is 14.7 Å². The van der Waals surface area contributed by atoms with Crippen LogP contribution < -0.4 is 10.1 Å². The van der Waals surface area contributed by atoms with Crippen molar-refractivity contribution in [2.24, 2.45) is 0 Å². The average Bonchev–Trinajstić information content (AvgIpc) is 2.62. The number of hydrogen-bond donors (Lipinski definition) is 2. The Hall–Kier alpha value is -2.60. The lowest BCUT2D eigenvalue weighted by Crippen LogP contribution is -2.56. The molecule has 1 unspecified atom stereocenters. The maximum Gasteiger partial charge on any atom is 0.305 e. The first-order valence-electron chi connectivity index (χ1n) is 8.75. The predicted molar refractivity (Wildman–Crippen MR) is 97.2 cm³/mol. The van der Waals surface area contributed by atoms with Gasteiger partial charge in [-0.05, 0) is 31.2 Å². The van der Waals surface area contributed by atoms with Crippen molar-refractivity contribution in [1.82, 2.24) is 5.32 Å². The summed E-state index contributed by atoms with van der Waals surface area (Å²) >= 11 is 0. The van der Waals surface area contributed by atoms with Gasteiger partial charge in [-0.15, -0.1) is 0 Å². The number of benzene rings is 2. The summed E-state index contributed by atoms with van der Waals surface area (Å²) in [5.74, 6) is -0.624. The highest BCUT2D eigenvalue weighted by Gasteiger charge is 2.37. The normalized spacial score (nSPS) is 17.4. The average molecular weight is 357 g/mol. The molecule has 0 aromatic heterocycles. The van der Waals surface area contributed by atoms with Gasteiger partial charge in [0.1, 0.15) is 5.75 Å². The third-order valence-corrected chi connectivity index (χ3v) is 4.75. The second-order valence-electron chi connectivity index (χ2n) is 6.69. The fourth-order valence-electron chi connectivity index (χ4n) is 3.30. The van der Waals surface area contributed by atoms with Crippen molar-refractivity contribution in [3.05, 3.63) is 42.5 Å². The van der Waals surface area contributed by atoms with Gasteiger partial charge < -0.3 is 19.9 Å². The zero-order valence-corrected chi connectivity index (χ0v) is 14.7. The summed E-state index contributed by atoms with van der Waals surface area (Å²) < 4.78 is 11.2. The Morgan fingerprint density at radius 1 is 1.19 bits per heavy atom. The van der Waals surface area contributed by atoms with Gasteiger partial charge in [0.25, 0.3) is 5.91 Å². The molecule has 0 radical (unpaired) electrons. The van der Waals surface area contributed by atoms with E-state index in [-0.39, 0.29) is 12.3 Å². The predicted octanol–water partition coefficient (Wildman–Crippen LogP) is 2.75. The molecule has 1 amide bonds. The number of fused-ring (bicyclic) bond motifs is 1. The van der Waals surface area contributed by atoms with Crippen LogP contribution in [0.3, 0.4) is 0 Å². The number of carbonyl (C=O) groups is 2. The number of rotatable bonds is 6. The number of ether oxygens (including phenoxy) is 2. The molecule has 0 bridgehead atoms. The fraction of sp³-hybridized carbons (Fsp3) is 0.400. The smallest absolute Gasteiger partial charge is 0.305 e. The van der Waals surface area contributed by atoms with Crippen LogP contribution in [0, 0.1) is 0 Å². The van der Waals surface area contributed by atoms with Crippen molar-refractivity contribution >= 4 is 22.6 Å². The lowest BCUT2D eigenvalue weighted by molar-refractivity contribution is -0.141. The van der Waals surface area contributed by atoms with E-state index in [4.69, 9.17) is 9.47 Å². The topological polar surface area (TPSA) is 84.9 Å². The number of carboxylic acid groups (broad SMARTS) is 1. The van der Waals surface area contributed by atoms with Gasteiger partial charge in [0, 0.05) is 18.6 Å². The molecule has 1 aliphatic heterocycles. The molecule has 1 saturated heterocycles. The third-order valence-electron chi connectivity index (χ3n) is 4.75. The Morgan fingerprint density at radius 3 is 2.62 bits per heavy atom. The van der Waals surface area contributed by atoms with Crippen LogP contribution in [0.4, 0.5) is 0 Å². The highest BCUT2D eigenvalue weighted by molar-refractivity contribution is 5.89. The zero-order valence-electron chi connectivity index (χ0n) is 14.7. The summed E-state index contributed by atoms with van der Waals surface area (Å²) in [4.78, 5) is 23.9. The summed E-state index contributed by atoms with van der Waals surface area (Å²) in [6.07, 6.45) is 0.0931. The Bertz CT molecular complexity index is 792.